The molecule has 3 rings (SSSR count). The molecule has 0 radical (unpaired) electrons. The van der Waals surface area contributed by atoms with Crippen molar-refractivity contribution in [1.29, 1.82) is 0 Å². The first kappa shape index (κ1) is 16.1. The molecule has 1 aromatic carbocycles. The number of fused-ring (bicyclic) bond motifs is 1. The normalized spacial score (nSPS) is 13.7. The fourth-order valence-corrected chi connectivity index (χ4v) is 4.53. The maximum Gasteiger partial charge on any atom is 0.240 e. The van der Waals surface area contributed by atoms with E-state index in [2.05, 4.69) is 15.0 Å². The third kappa shape index (κ3) is 3.95. The van der Waals surface area contributed by atoms with E-state index in [4.69, 9.17) is 0 Å². The molecule has 0 saturated heterocycles. The van der Waals surface area contributed by atoms with E-state index in [0.717, 1.165) is 25.0 Å². The summed E-state index contributed by atoms with van der Waals surface area (Å²) in [5, 5.41) is 3.33. The number of sulfonamides is 1. The van der Waals surface area contributed by atoms with E-state index in [-0.39, 0.29) is 23.8 Å². The largest absolute Gasteiger partial charge is 0.302 e. The molecule has 6 nitrogen and oxygen atoms in total. The number of aromatic nitrogens is 1. The van der Waals surface area contributed by atoms with Crippen LogP contribution in [0.1, 0.15) is 23.4 Å². The predicted molar refractivity (Wildman–Crippen MR) is 89.0 cm³/mol. The van der Waals surface area contributed by atoms with Gasteiger partial charge in [-0.25, -0.2) is 18.1 Å². The molecule has 1 aliphatic carbocycles. The van der Waals surface area contributed by atoms with Gasteiger partial charge in [-0.2, -0.15) is 0 Å². The number of rotatable bonds is 6. The molecule has 0 unspecified atom stereocenters. The summed E-state index contributed by atoms with van der Waals surface area (Å²) >= 11 is 1.50. The van der Waals surface area contributed by atoms with Crippen molar-refractivity contribution in [2.75, 3.05) is 11.9 Å². The number of nitrogens with zero attached hydrogens (tertiary/aromatic N) is 1. The topological polar surface area (TPSA) is 88.2 Å². The first-order valence-electron chi connectivity index (χ1n) is 7.38. The molecule has 122 valence electrons. The molecule has 1 aliphatic rings. The molecule has 1 heterocycles. The lowest BCUT2D eigenvalue weighted by atomic mass is 10.4. The lowest BCUT2D eigenvalue weighted by Crippen LogP contribution is -2.27. The molecule has 23 heavy (non-hydrogen) atoms. The van der Waals surface area contributed by atoms with Crippen molar-refractivity contribution >= 4 is 32.4 Å². The second kappa shape index (κ2) is 6.77. The number of carbonyl (C=O) groups excluding carboxylic acids is 1. The summed E-state index contributed by atoms with van der Waals surface area (Å²) in [5.41, 5.74) is 1.08. The number of nitrogens with one attached hydrogen (secondary N) is 2. The molecular formula is C15H17N3O3S2. The number of anilines is 1. The van der Waals surface area contributed by atoms with Gasteiger partial charge in [0.1, 0.15) is 0 Å². The number of carbonyl (C=O) groups is 1. The van der Waals surface area contributed by atoms with Crippen LogP contribution >= 0.6 is 11.3 Å². The Morgan fingerprint density at radius 3 is 2.74 bits per heavy atom. The van der Waals surface area contributed by atoms with Crippen LogP contribution in [0.2, 0.25) is 0 Å². The Hall–Kier alpha value is -1.77. The van der Waals surface area contributed by atoms with Gasteiger partial charge in [-0.1, -0.05) is 18.2 Å². The van der Waals surface area contributed by atoms with Crippen LogP contribution in [0.25, 0.3) is 0 Å². The minimum Gasteiger partial charge on any atom is -0.302 e. The molecule has 2 aromatic rings. The van der Waals surface area contributed by atoms with Crippen LogP contribution in [0.3, 0.4) is 0 Å². The van der Waals surface area contributed by atoms with Crippen LogP contribution in [0, 0.1) is 0 Å². The summed E-state index contributed by atoms with van der Waals surface area (Å²) in [6.45, 7) is 0.0498. The third-order valence-electron chi connectivity index (χ3n) is 3.54. The lowest BCUT2D eigenvalue weighted by Gasteiger charge is -2.06. The van der Waals surface area contributed by atoms with Crippen LogP contribution in [0.15, 0.2) is 35.2 Å². The minimum absolute atomic E-state index is 0.0498. The Labute approximate surface area is 139 Å². The van der Waals surface area contributed by atoms with Gasteiger partial charge in [-0.3, -0.25) is 4.79 Å². The Balaban J connectivity index is 1.49. The van der Waals surface area contributed by atoms with E-state index in [1.165, 1.54) is 28.3 Å². The van der Waals surface area contributed by atoms with Crippen LogP contribution in [-0.2, 0) is 27.7 Å². The Kier molecular flexibility index (Phi) is 4.74. The van der Waals surface area contributed by atoms with E-state index < -0.39 is 10.0 Å². The second-order valence-corrected chi connectivity index (χ2v) is 8.10. The van der Waals surface area contributed by atoms with Crippen molar-refractivity contribution < 1.29 is 13.2 Å². The summed E-state index contributed by atoms with van der Waals surface area (Å²) in [6.07, 6.45) is 3.19. The van der Waals surface area contributed by atoms with Gasteiger partial charge >= 0.3 is 0 Å². The molecule has 0 bridgehead atoms. The Morgan fingerprint density at radius 1 is 1.22 bits per heavy atom. The zero-order chi connectivity index (χ0) is 16.3. The van der Waals surface area contributed by atoms with Crippen LogP contribution in [0.4, 0.5) is 5.13 Å². The highest BCUT2D eigenvalue weighted by Crippen LogP contribution is 2.30. The number of hydrogen-bond acceptors (Lipinski definition) is 5. The van der Waals surface area contributed by atoms with Gasteiger partial charge in [-0.15, -0.1) is 11.3 Å². The van der Waals surface area contributed by atoms with E-state index in [0.29, 0.717) is 5.13 Å². The van der Waals surface area contributed by atoms with Gasteiger partial charge in [0.05, 0.1) is 10.6 Å². The van der Waals surface area contributed by atoms with Gasteiger partial charge in [0.2, 0.25) is 15.9 Å². The van der Waals surface area contributed by atoms with E-state index >= 15 is 0 Å². The van der Waals surface area contributed by atoms with Gasteiger partial charge < -0.3 is 5.32 Å². The summed E-state index contributed by atoms with van der Waals surface area (Å²) in [7, 11) is -3.57. The van der Waals surface area contributed by atoms with Crippen molar-refractivity contribution in [3.05, 3.63) is 40.9 Å². The smallest absolute Gasteiger partial charge is 0.240 e. The molecule has 1 aromatic heterocycles. The van der Waals surface area contributed by atoms with Gasteiger partial charge in [0.15, 0.2) is 5.13 Å². The van der Waals surface area contributed by atoms with Crippen LogP contribution in [-0.4, -0.2) is 25.9 Å². The average molecular weight is 351 g/mol. The Morgan fingerprint density at radius 2 is 2.00 bits per heavy atom. The molecular weight excluding hydrogens is 334 g/mol. The molecule has 8 heteroatoms. The molecule has 0 fully saturated rings. The molecule has 0 aliphatic heterocycles. The predicted octanol–water partition coefficient (Wildman–Crippen LogP) is 1.94. The fraction of sp³-hybridized carbons (Fsp3) is 0.333. The summed E-state index contributed by atoms with van der Waals surface area (Å²) in [4.78, 5) is 17.7. The maximum absolute atomic E-state index is 12.0. The number of benzene rings is 1. The van der Waals surface area contributed by atoms with Gasteiger partial charge in [-0.05, 0) is 31.4 Å². The standard InChI is InChI=1S/C15H17N3O3S2/c19-14(18-15-17-12-7-4-8-13(12)22-15)9-10-16-23(20,21)11-5-2-1-3-6-11/h1-3,5-6,16H,4,7-10H2,(H,17,18,19). The monoisotopic (exact) mass is 351 g/mol. The highest BCUT2D eigenvalue weighted by atomic mass is 32.2. The van der Waals surface area contributed by atoms with Crippen molar-refractivity contribution in [3.8, 4) is 0 Å². The average Bonchev–Trinajstić information content (AvgIpc) is 3.09. The number of aryl methyl sites for hydroxylation is 2. The molecule has 2 N–H and O–H groups in total. The summed E-state index contributed by atoms with van der Waals surface area (Å²) in [5.74, 6) is -0.242. The highest BCUT2D eigenvalue weighted by Gasteiger charge is 2.18. The zero-order valence-corrected chi connectivity index (χ0v) is 14.0. The lowest BCUT2D eigenvalue weighted by molar-refractivity contribution is -0.116. The maximum atomic E-state index is 12.0. The van der Waals surface area contributed by atoms with Crippen LogP contribution < -0.4 is 10.0 Å². The molecule has 1 amide bonds. The summed E-state index contributed by atoms with van der Waals surface area (Å²) < 4.78 is 26.5. The molecule has 0 saturated carbocycles. The number of hydrogen-bond donors (Lipinski definition) is 2. The SMILES string of the molecule is O=C(CCNS(=O)(=O)c1ccccc1)Nc1nc2c(s1)CCC2. The number of amides is 1. The first-order chi connectivity index (χ1) is 11.0. The number of thiazole rings is 1. The second-order valence-electron chi connectivity index (χ2n) is 5.25. The van der Waals surface area contributed by atoms with Crippen molar-refractivity contribution in [1.82, 2.24) is 9.71 Å². The first-order valence-corrected chi connectivity index (χ1v) is 9.68. The van der Waals surface area contributed by atoms with Crippen molar-refractivity contribution in [2.45, 2.75) is 30.6 Å². The van der Waals surface area contributed by atoms with E-state index in [1.54, 1.807) is 18.2 Å². The van der Waals surface area contributed by atoms with Gasteiger partial charge in [0.25, 0.3) is 0 Å². The van der Waals surface area contributed by atoms with Crippen molar-refractivity contribution in [3.63, 3.8) is 0 Å². The van der Waals surface area contributed by atoms with Crippen LogP contribution in [0.5, 0.6) is 0 Å². The fourth-order valence-electron chi connectivity index (χ4n) is 2.41. The Bertz CT molecular complexity index is 779. The molecule has 0 atom stereocenters. The van der Waals surface area contributed by atoms with Crippen molar-refractivity contribution in [2.24, 2.45) is 0 Å². The quantitative estimate of drug-likeness (QED) is 0.832. The highest BCUT2D eigenvalue weighted by molar-refractivity contribution is 7.89. The third-order valence-corrected chi connectivity index (χ3v) is 6.09. The zero-order valence-electron chi connectivity index (χ0n) is 12.4. The minimum atomic E-state index is -3.57. The van der Waals surface area contributed by atoms with E-state index in [1.807, 2.05) is 0 Å². The van der Waals surface area contributed by atoms with Gasteiger partial charge in [0, 0.05) is 17.8 Å². The molecule has 0 spiro atoms. The summed E-state index contributed by atoms with van der Waals surface area (Å²) in [6, 6.07) is 8.09. The van der Waals surface area contributed by atoms with E-state index in [9.17, 15) is 13.2 Å².